The number of hydrogen-bond acceptors (Lipinski definition) is 4. The number of benzene rings is 1. The molecular weight excluding hydrogens is 270 g/mol. The van der Waals surface area contributed by atoms with Gasteiger partial charge in [0.1, 0.15) is 5.75 Å². The number of carbonyl (C=O) groups is 2. The molecule has 0 radical (unpaired) electrons. The number of hydrogen-bond donors (Lipinski definition) is 3. The van der Waals surface area contributed by atoms with Gasteiger partial charge >= 0.3 is 0 Å². The topological polar surface area (TPSA) is 93.4 Å². The lowest BCUT2D eigenvalue weighted by Gasteiger charge is -2.10. The molecule has 1 aromatic carbocycles. The summed E-state index contributed by atoms with van der Waals surface area (Å²) >= 11 is 0. The van der Waals surface area contributed by atoms with Crippen LogP contribution in [0.3, 0.4) is 0 Å². The van der Waals surface area contributed by atoms with Crippen LogP contribution >= 0.6 is 0 Å². The quantitative estimate of drug-likeness (QED) is 0.583. The molecule has 0 aliphatic carbocycles. The van der Waals surface area contributed by atoms with Crippen molar-refractivity contribution in [3.63, 3.8) is 0 Å². The largest absolute Gasteiger partial charge is 0.493 e. The van der Waals surface area contributed by atoms with Gasteiger partial charge in [-0.25, -0.2) is 0 Å². The summed E-state index contributed by atoms with van der Waals surface area (Å²) < 4.78 is 5.41. The lowest BCUT2D eigenvalue weighted by atomic mass is 10.2. The highest BCUT2D eigenvalue weighted by atomic mass is 16.5. The van der Waals surface area contributed by atoms with Gasteiger partial charge in [-0.05, 0) is 25.5 Å². The van der Waals surface area contributed by atoms with Gasteiger partial charge in [-0.15, -0.1) is 0 Å². The Bertz CT molecular complexity index is 463. The van der Waals surface area contributed by atoms with E-state index in [-0.39, 0.29) is 11.8 Å². The molecule has 0 saturated carbocycles. The Kier molecular flexibility index (Phi) is 7.89. The fourth-order valence-corrected chi connectivity index (χ4v) is 1.78. The Hall–Kier alpha value is -2.08. The highest BCUT2D eigenvalue weighted by Crippen LogP contribution is 2.17. The van der Waals surface area contributed by atoms with Crippen molar-refractivity contribution in [2.75, 3.05) is 26.2 Å². The molecule has 6 nitrogen and oxygen atoms in total. The van der Waals surface area contributed by atoms with E-state index in [9.17, 15) is 9.59 Å². The molecule has 0 saturated heterocycles. The van der Waals surface area contributed by atoms with Crippen molar-refractivity contribution < 1.29 is 14.3 Å². The smallest absolute Gasteiger partial charge is 0.255 e. The number of ether oxygens (including phenoxy) is 1. The molecular formula is C15H23N3O3. The maximum atomic E-state index is 12.0. The Morgan fingerprint density at radius 3 is 2.67 bits per heavy atom. The molecule has 0 spiro atoms. The van der Waals surface area contributed by atoms with Crippen molar-refractivity contribution in [3.8, 4) is 5.75 Å². The first kappa shape index (κ1) is 17.0. The van der Waals surface area contributed by atoms with Crippen molar-refractivity contribution >= 4 is 11.8 Å². The van der Waals surface area contributed by atoms with E-state index in [1.54, 1.807) is 18.2 Å². The second kappa shape index (κ2) is 9.77. The summed E-state index contributed by atoms with van der Waals surface area (Å²) in [4.78, 5) is 23.4. The maximum absolute atomic E-state index is 12.0. The van der Waals surface area contributed by atoms with Gasteiger partial charge in [-0.1, -0.05) is 12.1 Å². The van der Waals surface area contributed by atoms with Crippen molar-refractivity contribution in [2.24, 2.45) is 5.73 Å². The van der Waals surface area contributed by atoms with Crippen LogP contribution in [0.5, 0.6) is 5.75 Å². The molecule has 0 aliphatic heterocycles. The van der Waals surface area contributed by atoms with Crippen LogP contribution in [-0.4, -0.2) is 38.1 Å². The van der Waals surface area contributed by atoms with Crippen LogP contribution in [0.1, 0.15) is 30.1 Å². The summed E-state index contributed by atoms with van der Waals surface area (Å²) in [5.74, 6) is 0.323. The average molecular weight is 293 g/mol. The molecule has 0 unspecified atom stereocenters. The summed E-state index contributed by atoms with van der Waals surface area (Å²) in [6.45, 7) is 3.72. The maximum Gasteiger partial charge on any atom is 0.255 e. The molecule has 0 heterocycles. The first-order chi connectivity index (χ1) is 10.2. The fraction of sp³-hybridized carbons (Fsp3) is 0.467. The van der Waals surface area contributed by atoms with E-state index < -0.39 is 0 Å². The van der Waals surface area contributed by atoms with Crippen molar-refractivity contribution in [2.45, 2.75) is 19.8 Å². The molecule has 2 amide bonds. The van der Waals surface area contributed by atoms with E-state index >= 15 is 0 Å². The fourth-order valence-electron chi connectivity index (χ4n) is 1.78. The molecule has 1 aromatic rings. The first-order valence-electron chi connectivity index (χ1n) is 7.15. The standard InChI is InChI=1S/C15H23N3O3/c1-2-21-13-7-4-3-6-12(13)15(20)18-10-5-8-14(19)17-11-9-16/h3-4,6-7H,2,5,8-11,16H2,1H3,(H,17,19)(H,18,20). The minimum atomic E-state index is -0.193. The van der Waals surface area contributed by atoms with E-state index in [2.05, 4.69) is 10.6 Å². The Labute approximate surface area is 125 Å². The monoisotopic (exact) mass is 293 g/mol. The SMILES string of the molecule is CCOc1ccccc1C(=O)NCCCC(=O)NCCN. The third-order valence-corrected chi connectivity index (χ3v) is 2.76. The summed E-state index contributed by atoms with van der Waals surface area (Å²) in [5.41, 5.74) is 5.80. The molecule has 6 heteroatoms. The van der Waals surface area contributed by atoms with E-state index in [0.717, 1.165) is 0 Å². The molecule has 0 atom stereocenters. The molecule has 0 fully saturated rings. The van der Waals surface area contributed by atoms with Gasteiger partial charge in [0, 0.05) is 26.1 Å². The minimum absolute atomic E-state index is 0.0515. The Morgan fingerprint density at radius 2 is 1.95 bits per heavy atom. The number of para-hydroxylation sites is 1. The number of carbonyl (C=O) groups excluding carboxylic acids is 2. The van der Waals surface area contributed by atoms with E-state index in [0.29, 0.717) is 50.4 Å². The number of amides is 2. The summed E-state index contributed by atoms with van der Waals surface area (Å²) in [6, 6.07) is 7.09. The number of nitrogens with two attached hydrogens (primary N) is 1. The Balaban J connectivity index is 2.36. The van der Waals surface area contributed by atoms with Gasteiger partial charge in [-0.3, -0.25) is 9.59 Å². The molecule has 0 aromatic heterocycles. The minimum Gasteiger partial charge on any atom is -0.493 e. The molecule has 4 N–H and O–H groups in total. The molecule has 0 aliphatic rings. The molecule has 21 heavy (non-hydrogen) atoms. The van der Waals surface area contributed by atoms with Crippen molar-refractivity contribution in [3.05, 3.63) is 29.8 Å². The van der Waals surface area contributed by atoms with Gasteiger partial charge < -0.3 is 21.1 Å². The van der Waals surface area contributed by atoms with E-state index in [1.165, 1.54) is 0 Å². The zero-order valence-electron chi connectivity index (χ0n) is 12.4. The molecule has 1 rings (SSSR count). The normalized spacial score (nSPS) is 10.0. The second-order valence-electron chi connectivity index (χ2n) is 4.43. The summed E-state index contributed by atoms with van der Waals surface area (Å²) in [6.07, 6.45) is 0.951. The number of rotatable bonds is 9. The first-order valence-corrected chi connectivity index (χ1v) is 7.15. The van der Waals surface area contributed by atoms with Crippen molar-refractivity contribution in [1.82, 2.24) is 10.6 Å². The van der Waals surface area contributed by atoms with Crippen LogP contribution in [0.4, 0.5) is 0 Å². The Morgan fingerprint density at radius 1 is 1.19 bits per heavy atom. The predicted molar refractivity (Wildman–Crippen MR) is 81.2 cm³/mol. The van der Waals surface area contributed by atoms with Crippen molar-refractivity contribution in [1.29, 1.82) is 0 Å². The highest BCUT2D eigenvalue weighted by molar-refractivity contribution is 5.96. The van der Waals surface area contributed by atoms with Crippen LogP contribution in [-0.2, 0) is 4.79 Å². The predicted octanol–water partition coefficient (Wildman–Crippen LogP) is 0.670. The van der Waals surface area contributed by atoms with Gasteiger partial charge in [0.2, 0.25) is 5.91 Å². The third-order valence-electron chi connectivity index (χ3n) is 2.76. The van der Waals surface area contributed by atoms with Crippen LogP contribution < -0.4 is 21.1 Å². The highest BCUT2D eigenvalue weighted by Gasteiger charge is 2.11. The van der Waals surface area contributed by atoms with Gasteiger partial charge in [0.15, 0.2) is 0 Å². The van der Waals surface area contributed by atoms with Crippen LogP contribution in [0, 0.1) is 0 Å². The van der Waals surface area contributed by atoms with Crippen LogP contribution in [0.2, 0.25) is 0 Å². The third kappa shape index (κ3) is 6.27. The van der Waals surface area contributed by atoms with Gasteiger partial charge in [0.05, 0.1) is 12.2 Å². The van der Waals surface area contributed by atoms with Crippen LogP contribution in [0.25, 0.3) is 0 Å². The zero-order chi connectivity index (χ0) is 15.5. The lowest BCUT2D eigenvalue weighted by molar-refractivity contribution is -0.121. The summed E-state index contributed by atoms with van der Waals surface area (Å²) in [7, 11) is 0. The lowest BCUT2D eigenvalue weighted by Crippen LogP contribution is -2.30. The van der Waals surface area contributed by atoms with E-state index in [4.69, 9.17) is 10.5 Å². The van der Waals surface area contributed by atoms with Gasteiger partial charge in [0.25, 0.3) is 5.91 Å². The second-order valence-corrected chi connectivity index (χ2v) is 4.43. The molecule has 0 bridgehead atoms. The summed E-state index contributed by atoms with van der Waals surface area (Å²) in [5, 5.41) is 5.47. The zero-order valence-corrected chi connectivity index (χ0v) is 12.4. The average Bonchev–Trinajstić information content (AvgIpc) is 2.50. The van der Waals surface area contributed by atoms with Gasteiger partial charge in [-0.2, -0.15) is 0 Å². The van der Waals surface area contributed by atoms with E-state index in [1.807, 2.05) is 13.0 Å². The number of nitrogens with one attached hydrogen (secondary N) is 2. The van der Waals surface area contributed by atoms with Crippen LogP contribution in [0.15, 0.2) is 24.3 Å². The molecule has 116 valence electrons.